The molecule has 0 saturated carbocycles. The van der Waals surface area contributed by atoms with Crippen molar-refractivity contribution in [2.24, 2.45) is 5.92 Å². The van der Waals surface area contributed by atoms with E-state index in [1.165, 1.54) is 4.90 Å². The molecule has 1 aliphatic heterocycles. The Labute approximate surface area is 122 Å². The van der Waals surface area contributed by atoms with Crippen LogP contribution in [0, 0.1) is 12.8 Å². The van der Waals surface area contributed by atoms with Crippen LogP contribution in [0.15, 0.2) is 18.2 Å². The molecule has 1 aromatic rings. The lowest BCUT2D eigenvalue weighted by Gasteiger charge is -2.24. The third kappa shape index (κ3) is 2.88. The summed E-state index contributed by atoms with van der Waals surface area (Å²) in [6, 6.07) is 4.10. The second-order valence-corrected chi connectivity index (χ2v) is 5.56. The van der Waals surface area contributed by atoms with Gasteiger partial charge in [0.2, 0.25) is 0 Å². The summed E-state index contributed by atoms with van der Waals surface area (Å²) in [5.74, 6) is -1.02. The van der Waals surface area contributed by atoms with Gasteiger partial charge in [0.15, 0.2) is 0 Å². The van der Waals surface area contributed by atoms with E-state index in [1.54, 1.807) is 12.1 Å². The minimum absolute atomic E-state index is 0.0493. The van der Waals surface area contributed by atoms with Crippen molar-refractivity contribution in [3.8, 4) is 0 Å². The van der Waals surface area contributed by atoms with E-state index < -0.39 is 18.0 Å². The predicted molar refractivity (Wildman–Crippen MR) is 77.1 cm³/mol. The van der Waals surface area contributed by atoms with Crippen molar-refractivity contribution in [2.45, 2.75) is 26.3 Å². The van der Waals surface area contributed by atoms with Crippen molar-refractivity contribution < 1.29 is 14.7 Å². The lowest BCUT2D eigenvalue weighted by molar-refractivity contribution is -0.142. The maximum atomic E-state index is 12.2. The molecule has 0 aliphatic carbocycles. The molecule has 1 aliphatic rings. The van der Waals surface area contributed by atoms with E-state index >= 15 is 0 Å². The molecule has 2 N–H and O–H groups in total. The van der Waals surface area contributed by atoms with Gasteiger partial charge < -0.3 is 15.3 Å². The number of anilines is 1. The number of amides is 2. The molecule has 5 nitrogen and oxygen atoms in total. The summed E-state index contributed by atoms with van der Waals surface area (Å²) >= 11 is 6.06. The first-order valence-corrected chi connectivity index (χ1v) is 6.84. The molecule has 1 saturated heterocycles. The molecule has 1 fully saturated rings. The molecule has 6 heteroatoms. The van der Waals surface area contributed by atoms with Crippen LogP contribution in [0.5, 0.6) is 0 Å². The highest BCUT2D eigenvalue weighted by Gasteiger charge is 2.39. The number of aliphatic carboxylic acids is 1. The molecule has 1 aromatic carbocycles. The summed E-state index contributed by atoms with van der Waals surface area (Å²) in [7, 11) is 0. The van der Waals surface area contributed by atoms with Gasteiger partial charge in [-0.1, -0.05) is 24.6 Å². The molecule has 0 aromatic heterocycles. The van der Waals surface area contributed by atoms with Crippen LogP contribution in [0.4, 0.5) is 10.5 Å². The highest BCUT2D eigenvalue weighted by Crippen LogP contribution is 2.27. The van der Waals surface area contributed by atoms with E-state index in [2.05, 4.69) is 5.32 Å². The fourth-order valence-electron chi connectivity index (χ4n) is 2.46. The number of rotatable bonds is 2. The molecule has 2 rings (SSSR count). The van der Waals surface area contributed by atoms with Crippen LogP contribution in [0.1, 0.15) is 18.9 Å². The standard InChI is InChI=1S/C14H17ClN2O3/c1-8-3-4-11(10(15)7-8)16-14(20)17-6-5-9(2)12(17)13(18)19/h3-4,7,9,12H,5-6H2,1-2H3,(H,16,20)(H,18,19). The van der Waals surface area contributed by atoms with E-state index in [-0.39, 0.29) is 5.92 Å². The van der Waals surface area contributed by atoms with E-state index in [9.17, 15) is 14.7 Å². The van der Waals surface area contributed by atoms with Crippen molar-refractivity contribution in [2.75, 3.05) is 11.9 Å². The van der Waals surface area contributed by atoms with Gasteiger partial charge in [0, 0.05) is 6.54 Å². The minimum Gasteiger partial charge on any atom is -0.480 e. The van der Waals surface area contributed by atoms with E-state index in [1.807, 2.05) is 19.9 Å². The van der Waals surface area contributed by atoms with Crippen LogP contribution in [0.3, 0.4) is 0 Å². The van der Waals surface area contributed by atoms with Gasteiger partial charge in [0.25, 0.3) is 0 Å². The van der Waals surface area contributed by atoms with E-state index in [4.69, 9.17) is 11.6 Å². The third-order valence-electron chi connectivity index (χ3n) is 3.58. The maximum absolute atomic E-state index is 12.2. The fourth-order valence-corrected chi connectivity index (χ4v) is 2.74. The van der Waals surface area contributed by atoms with Crippen LogP contribution >= 0.6 is 11.6 Å². The smallest absolute Gasteiger partial charge is 0.326 e. The number of hydrogen-bond acceptors (Lipinski definition) is 2. The topological polar surface area (TPSA) is 69.6 Å². The number of nitrogens with zero attached hydrogens (tertiary/aromatic N) is 1. The molecular formula is C14H17ClN2O3. The molecule has 2 unspecified atom stereocenters. The van der Waals surface area contributed by atoms with E-state index in [0.29, 0.717) is 23.7 Å². The number of carboxylic acids is 1. The van der Waals surface area contributed by atoms with Gasteiger partial charge in [-0.25, -0.2) is 9.59 Å². The largest absolute Gasteiger partial charge is 0.480 e. The van der Waals surface area contributed by atoms with Crippen LogP contribution < -0.4 is 5.32 Å². The number of carboxylic acid groups (broad SMARTS) is 1. The summed E-state index contributed by atoms with van der Waals surface area (Å²) in [6.07, 6.45) is 0.687. The molecule has 0 bridgehead atoms. The van der Waals surface area contributed by atoms with Gasteiger partial charge in [0.05, 0.1) is 10.7 Å². The number of likely N-dealkylation sites (tertiary alicyclic amines) is 1. The van der Waals surface area contributed by atoms with Gasteiger partial charge in [-0.3, -0.25) is 0 Å². The molecule has 108 valence electrons. The minimum atomic E-state index is -0.972. The highest BCUT2D eigenvalue weighted by molar-refractivity contribution is 6.33. The second kappa shape index (κ2) is 5.71. The summed E-state index contributed by atoms with van der Waals surface area (Å²) in [4.78, 5) is 24.8. The van der Waals surface area contributed by atoms with Gasteiger partial charge in [0.1, 0.15) is 6.04 Å². The number of carbonyl (C=O) groups is 2. The normalized spacial score (nSPS) is 21.9. The summed E-state index contributed by atoms with van der Waals surface area (Å²) in [5, 5.41) is 12.3. The van der Waals surface area contributed by atoms with Crippen LogP contribution in [0.25, 0.3) is 0 Å². The molecule has 0 radical (unpaired) electrons. The molecule has 20 heavy (non-hydrogen) atoms. The number of hydrogen-bond donors (Lipinski definition) is 2. The second-order valence-electron chi connectivity index (χ2n) is 5.16. The maximum Gasteiger partial charge on any atom is 0.326 e. The Morgan fingerprint density at radius 1 is 1.45 bits per heavy atom. The Kier molecular flexibility index (Phi) is 4.18. The Bertz CT molecular complexity index is 547. The Morgan fingerprint density at radius 3 is 2.75 bits per heavy atom. The average molecular weight is 297 g/mol. The Hall–Kier alpha value is -1.75. The first-order chi connectivity index (χ1) is 9.40. The number of benzene rings is 1. The van der Waals surface area contributed by atoms with Crippen molar-refractivity contribution in [1.82, 2.24) is 4.90 Å². The SMILES string of the molecule is Cc1ccc(NC(=O)N2CCC(C)C2C(=O)O)c(Cl)c1. The number of aryl methyl sites for hydroxylation is 1. The zero-order chi connectivity index (χ0) is 14.9. The number of halogens is 1. The number of nitrogens with one attached hydrogen (secondary N) is 1. The Morgan fingerprint density at radius 2 is 2.15 bits per heavy atom. The summed E-state index contributed by atoms with van der Waals surface area (Å²) < 4.78 is 0. The average Bonchev–Trinajstić information content (AvgIpc) is 2.74. The first kappa shape index (κ1) is 14.7. The lowest BCUT2D eigenvalue weighted by atomic mass is 10.0. The zero-order valence-corrected chi connectivity index (χ0v) is 12.1. The fraction of sp³-hybridized carbons (Fsp3) is 0.429. The zero-order valence-electron chi connectivity index (χ0n) is 11.4. The quantitative estimate of drug-likeness (QED) is 0.881. The van der Waals surface area contributed by atoms with Gasteiger partial charge in [-0.15, -0.1) is 0 Å². The predicted octanol–water partition coefficient (Wildman–Crippen LogP) is 2.98. The molecule has 1 heterocycles. The molecule has 2 amide bonds. The Balaban J connectivity index is 2.14. The van der Waals surface area contributed by atoms with Crippen molar-refractivity contribution in [3.63, 3.8) is 0 Å². The number of urea groups is 1. The van der Waals surface area contributed by atoms with Crippen molar-refractivity contribution in [3.05, 3.63) is 28.8 Å². The van der Waals surface area contributed by atoms with Crippen LogP contribution in [0.2, 0.25) is 5.02 Å². The summed E-state index contributed by atoms with van der Waals surface area (Å²) in [5.41, 5.74) is 1.48. The lowest BCUT2D eigenvalue weighted by Crippen LogP contribution is -2.44. The third-order valence-corrected chi connectivity index (χ3v) is 3.89. The van der Waals surface area contributed by atoms with Crippen LogP contribution in [-0.2, 0) is 4.79 Å². The number of carbonyl (C=O) groups excluding carboxylic acids is 1. The highest BCUT2D eigenvalue weighted by atomic mass is 35.5. The van der Waals surface area contributed by atoms with Crippen LogP contribution in [-0.4, -0.2) is 34.6 Å². The van der Waals surface area contributed by atoms with Gasteiger partial charge in [-0.05, 0) is 37.0 Å². The van der Waals surface area contributed by atoms with Crippen molar-refractivity contribution >= 4 is 29.3 Å². The first-order valence-electron chi connectivity index (χ1n) is 6.46. The van der Waals surface area contributed by atoms with Gasteiger partial charge in [-0.2, -0.15) is 0 Å². The molecule has 2 atom stereocenters. The molecule has 0 spiro atoms. The monoisotopic (exact) mass is 296 g/mol. The van der Waals surface area contributed by atoms with Gasteiger partial charge >= 0.3 is 12.0 Å². The summed E-state index contributed by atoms with van der Waals surface area (Å²) in [6.45, 7) is 4.18. The molecular weight excluding hydrogens is 280 g/mol. The van der Waals surface area contributed by atoms with Crippen molar-refractivity contribution in [1.29, 1.82) is 0 Å². The van der Waals surface area contributed by atoms with E-state index in [0.717, 1.165) is 5.56 Å².